The number of hydrogen-bond acceptors (Lipinski definition) is 4. The number of rotatable bonds is 7. The maximum Gasteiger partial charge on any atom is 0.135 e. The van der Waals surface area contributed by atoms with Crippen LogP contribution in [0.2, 0.25) is 0 Å². The second kappa shape index (κ2) is 5.98. The summed E-state index contributed by atoms with van der Waals surface area (Å²) in [6, 6.07) is 0. The summed E-state index contributed by atoms with van der Waals surface area (Å²) in [6.45, 7) is 12.8. The highest BCUT2D eigenvalue weighted by Crippen LogP contribution is 2.44. The fraction of sp³-hybridized carbons (Fsp3) is 0.750. The van der Waals surface area contributed by atoms with Crippen molar-refractivity contribution in [2.75, 3.05) is 23.7 Å². The normalized spacial score (nSPS) is 16.3. The molecule has 0 spiro atoms. The average molecular weight is 276 g/mol. The van der Waals surface area contributed by atoms with Gasteiger partial charge < -0.3 is 10.6 Å². The summed E-state index contributed by atoms with van der Waals surface area (Å²) in [5.74, 6) is 3.23. The van der Waals surface area contributed by atoms with Crippen LogP contribution in [-0.4, -0.2) is 23.1 Å². The van der Waals surface area contributed by atoms with E-state index in [9.17, 15) is 0 Å². The zero-order valence-electron chi connectivity index (χ0n) is 13.5. The monoisotopic (exact) mass is 276 g/mol. The molecule has 0 unspecified atom stereocenters. The van der Waals surface area contributed by atoms with E-state index in [-0.39, 0.29) is 0 Å². The predicted molar refractivity (Wildman–Crippen MR) is 85.5 cm³/mol. The van der Waals surface area contributed by atoms with Gasteiger partial charge in [0.15, 0.2) is 0 Å². The zero-order valence-corrected chi connectivity index (χ0v) is 13.5. The smallest absolute Gasteiger partial charge is 0.135 e. The predicted octanol–water partition coefficient (Wildman–Crippen LogP) is 3.94. The molecule has 1 aliphatic carbocycles. The first-order chi connectivity index (χ1) is 9.45. The molecule has 0 radical (unpaired) electrons. The molecule has 2 N–H and O–H groups in total. The van der Waals surface area contributed by atoms with Crippen molar-refractivity contribution in [2.45, 2.75) is 59.8 Å². The van der Waals surface area contributed by atoms with Gasteiger partial charge in [0.1, 0.15) is 17.5 Å². The molecule has 1 heterocycles. The molecule has 112 valence electrons. The van der Waals surface area contributed by atoms with E-state index >= 15 is 0 Å². The van der Waals surface area contributed by atoms with Crippen molar-refractivity contribution in [3.63, 3.8) is 0 Å². The molecule has 0 aromatic carbocycles. The molecular formula is C16H28N4. The molecule has 0 bridgehead atoms. The van der Waals surface area contributed by atoms with E-state index in [0.29, 0.717) is 11.3 Å². The van der Waals surface area contributed by atoms with Crippen LogP contribution in [0.5, 0.6) is 0 Å². The third kappa shape index (κ3) is 3.62. The third-order valence-electron chi connectivity index (χ3n) is 4.01. The van der Waals surface area contributed by atoms with Crippen LogP contribution in [0, 0.1) is 12.3 Å². The minimum absolute atomic E-state index is 0.342. The lowest BCUT2D eigenvalue weighted by molar-refractivity contribution is 0.608. The Hall–Kier alpha value is -1.32. The highest BCUT2D eigenvalue weighted by atomic mass is 15.1. The van der Waals surface area contributed by atoms with E-state index < -0.39 is 0 Å². The van der Waals surface area contributed by atoms with Crippen molar-refractivity contribution < 1.29 is 0 Å². The number of nitrogens with zero attached hydrogens (tertiary/aromatic N) is 2. The summed E-state index contributed by atoms with van der Waals surface area (Å²) in [6.07, 6.45) is 3.74. The first kappa shape index (κ1) is 15.1. The van der Waals surface area contributed by atoms with Gasteiger partial charge in [-0.2, -0.15) is 0 Å². The molecule has 1 aromatic rings. The van der Waals surface area contributed by atoms with Crippen molar-refractivity contribution in [3.8, 4) is 0 Å². The van der Waals surface area contributed by atoms with Gasteiger partial charge >= 0.3 is 0 Å². The topological polar surface area (TPSA) is 49.8 Å². The van der Waals surface area contributed by atoms with Gasteiger partial charge in [-0.1, -0.05) is 27.7 Å². The summed E-state index contributed by atoms with van der Waals surface area (Å²) in [5.41, 5.74) is 1.61. The highest BCUT2D eigenvalue weighted by molar-refractivity contribution is 5.57. The molecule has 1 fully saturated rings. The molecule has 0 atom stereocenters. The Kier molecular flexibility index (Phi) is 4.51. The summed E-state index contributed by atoms with van der Waals surface area (Å²) >= 11 is 0. The first-order valence-corrected chi connectivity index (χ1v) is 7.81. The molecule has 2 rings (SSSR count). The number of hydrogen-bond donors (Lipinski definition) is 2. The van der Waals surface area contributed by atoms with E-state index in [4.69, 9.17) is 4.98 Å². The van der Waals surface area contributed by atoms with Gasteiger partial charge in [-0.15, -0.1) is 0 Å². The van der Waals surface area contributed by atoms with Crippen LogP contribution in [0.15, 0.2) is 0 Å². The van der Waals surface area contributed by atoms with Gasteiger partial charge in [0.05, 0.1) is 0 Å². The molecule has 0 aliphatic heterocycles. The molecule has 1 aliphatic rings. The van der Waals surface area contributed by atoms with Crippen LogP contribution in [0.1, 0.15) is 64.3 Å². The highest BCUT2D eigenvalue weighted by Gasteiger charge is 2.37. The maximum absolute atomic E-state index is 4.71. The van der Waals surface area contributed by atoms with E-state index in [1.807, 2.05) is 0 Å². The van der Waals surface area contributed by atoms with Gasteiger partial charge in [-0.3, -0.25) is 0 Å². The van der Waals surface area contributed by atoms with E-state index in [2.05, 4.69) is 50.2 Å². The zero-order chi connectivity index (χ0) is 14.8. The lowest BCUT2D eigenvalue weighted by atomic mass is 10.1. The molecular weight excluding hydrogens is 248 g/mol. The van der Waals surface area contributed by atoms with Crippen molar-refractivity contribution in [3.05, 3.63) is 11.4 Å². The lowest BCUT2D eigenvalue weighted by Gasteiger charge is -2.18. The minimum atomic E-state index is 0.342. The third-order valence-corrected chi connectivity index (χ3v) is 4.01. The van der Waals surface area contributed by atoms with Crippen molar-refractivity contribution in [1.29, 1.82) is 0 Å². The van der Waals surface area contributed by atoms with Crippen LogP contribution in [0.3, 0.4) is 0 Å². The van der Waals surface area contributed by atoms with E-state index in [1.165, 1.54) is 12.8 Å². The fourth-order valence-electron chi connectivity index (χ4n) is 2.07. The maximum atomic E-state index is 4.71. The second-order valence-electron chi connectivity index (χ2n) is 6.65. The Balaban J connectivity index is 2.20. The van der Waals surface area contributed by atoms with E-state index in [1.54, 1.807) is 0 Å². The van der Waals surface area contributed by atoms with Crippen LogP contribution < -0.4 is 10.6 Å². The van der Waals surface area contributed by atoms with Crippen LogP contribution in [0.25, 0.3) is 0 Å². The first-order valence-electron chi connectivity index (χ1n) is 7.81. The minimum Gasteiger partial charge on any atom is -0.370 e. The molecule has 4 nitrogen and oxygen atoms in total. The SMILES string of the molecule is CCCNc1nc(C(C)C)nc(NCC2(C)CC2)c1C. The van der Waals surface area contributed by atoms with Gasteiger partial charge in [0.2, 0.25) is 0 Å². The molecule has 1 aromatic heterocycles. The van der Waals surface area contributed by atoms with Crippen molar-refractivity contribution in [1.82, 2.24) is 9.97 Å². The Labute approximate surface area is 122 Å². The Morgan fingerprint density at radius 2 is 1.75 bits per heavy atom. The molecule has 0 amide bonds. The number of aromatic nitrogens is 2. The van der Waals surface area contributed by atoms with Crippen molar-refractivity contribution >= 4 is 11.6 Å². The lowest BCUT2D eigenvalue weighted by Crippen LogP contribution is -2.17. The standard InChI is InChI=1S/C16H28N4/c1-6-9-17-14-12(4)15(18-10-16(5)7-8-16)20-13(19-14)11(2)3/h11H,6-10H2,1-5H3,(H2,17,18,19,20). The largest absolute Gasteiger partial charge is 0.370 e. The fourth-order valence-corrected chi connectivity index (χ4v) is 2.07. The van der Waals surface area contributed by atoms with Crippen LogP contribution in [0.4, 0.5) is 11.6 Å². The summed E-state index contributed by atoms with van der Waals surface area (Å²) in [7, 11) is 0. The Morgan fingerprint density at radius 3 is 2.25 bits per heavy atom. The molecule has 1 saturated carbocycles. The molecule has 4 heteroatoms. The Morgan fingerprint density at radius 1 is 1.15 bits per heavy atom. The van der Waals surface area contributed by atoms with E-state index in [0.717, 1.165) is 42.5 Å². The van der Waals surface area contributed by atoms with Gasteiger partial charge in [-0.25, -0.2) is 9.97 Å². The molecule has 0 saturated heterocycles. The van der Waals surface area contributed by atoms with Crippen molar-refractivity contribution in [2.24, 2.45) is 5.41 Å². The summed E-state index contributed by atoms with van der Waals surface area (Å²) in [4.78, 5) is 9.38. The number of nitrogens with one attached hydrogen (secondary N) is 2. The Bertz CT molecular complexity index is 464. The quantitative estimate of drug-likeness (QED) is 0.792. The second-order valence-corrected chi connectivity index (χ2v) is 6.65. The summed E-state index contributed by atoms with van der Waals surface area (Å²) in [5, 5.41) is 6.96. The van der Waals surface area contributed by atoms with Crippen LogP contribution >= 0.6 is 0 Å². The van der Waals surface area contributed by atoms with Gasteiger partial charge in [0, 0.05) is 24.6 Å². The average Bonchev–Trinajstić information content (AvgIpc) is 3.14. The van der Waals surface area contributed by atoms with Crippen LogP contribution in [-0.2, 0) is 0 Å². The van der Waals surface area contributed by atoms with Gasteiger partial charge in [0.25, 0.3) is 0 Å². The molecule has 20 heavy (non-hydrogen) atoms. The number of anilines is 2. The summed E-state index contributed by atoms with van der Waals surface area (Å²) < 4.78 is 0. The van der Waals surface area contributed by atoms with Gasteiger partial charge in [-0.05, 0) is 31.6 Å².